The molecule has 108 valence electrons. The smallest absolute Gasteiger partial charge is 0.336 e. The number of aryl methyl sites for hydroxylation is 1. The van der Waals surface area contributed by atoms with E-state index in [1.54, 1.807) is 4.90 Å². The zero-order valence-electron chi connectivity index (χ0n) is 11.4. The Hall–Kier alpha value is -1.40. The van der Waals surface area contributed by atoms with Crippen molar-refractivity contribution in [1.29, 1.82) is 0 Å². The topological polar surface area (TPSA) is 55.8 Å². The summed E-state index contributed by atoms with van der Waals surface area (Å²) in [5.41, 5.74) is 1.60. The number of methoxy groups -OCH3 is 1. The molecule has 6 heteroatoms. The molecule has 5 nitrogen and oxygen atoms in total. The van der Waals surface area contributed by atoms with Crippen LogP contribution in [0.1, 0.15) is 15.9 Å². The highest BCUT2D eigenvalue weighted by atomic mass is 79.9. The average Bonchev–Trinajstić information content (AvgIpc) is 2.48. The van der Waals surface area contributed by atoms with Crippen LogP contribution < -0.4 is 0 Å². The Labute approximate surface area is 126 Å². The number of rotatable bonds is 2. The summed E-state index contributed by atoms with van der Waals surface area (Å²) in [4.78, 5) is 25.6. The number of nitrogens with zero attached hydrogens (tertiary/aromatic N) is 1. The molecule has 1 saturated heterocycles. The van der Waals surface area contributed by atoms with Crippen LogP contribution in [0.4, 0.5) is 0 Å². The quantitative estimate of drug-likeness (QED) is 0.769. The van der Waals surface area contributed by atoms with Crippen LogP contribution in [0.15, 0.2) is 22.7 Å². The van der Waals surface area contributed by atoms with E-state index in [9.17, 15) is 9.59 Å². The first-order valence-electron chi connectivity index (χ1n) is 6.27. The van der Waals surface area contributed by atoms with E-state index in [-0.39, 0.29) is 12.5 Å². The lowest BCUT2D eigenvalue weighted by Gasteiger charge is -2.31. The number of hydrogen-bond donors (Lipinski definition) is 0. The Morgan fingerprint density at radius 3 is 2.90 bits per heavy atom. The number of morpholine rings is 1. The van der Waals surface area contributed by atoms with Gasteiger partial charge in [0.1, 0.15) is 0 Å². The van der Waals surface area contributed by atoms with E-state index < -0.39 is 12.1 Å². The molecule has 0 aliphatic carbocycles. The van der Waals surface area contributed by atoms with Crippen molar-refractivity contribution in [2.45, 2.75) is 13.0 Å². The van der Waals surface area contributed by atoms with Gasteiger partial charge in [-0.15, -0.1) is 0 Å². The summed E-state index contributed by atoms with van der Waals surface area (Å²) in [5.74, 6) is -0.566. The van der Waals surface area contributed by atoms with Crippen molar-refractivity contribution in [2.24, 2.45) is 0 Å². The molecule has 0 radical (unpaired) electrons. The maximum absolute atomic E-state index is 12.5. The maximum Gasteiger partial charge on any atom is 0.336 e. The van der Waals surface area contributed by atoms with Crippen LogP contribution in [0.5, 0.6) is 0 Å². The summed E-state index contributed by atoms with van der Waals surface area (Å²) in [5, 5.41) is 0. The van der Waals surface area contributed by atoms with Crippen molar-refractivity contribution >= 4 is 27.8 Å². The van der Waals surface area contributed by atoms with Crippen LogP contribution in [-0.2, 0) is 14.3 Å². The molecule has 20 heavy (non-hydrogen) atoms. The molecule has 1 heterocycles. The molecular weight excluding hydrogens is 326 g/mol. The Bertz CT molecular complexity index is 532. The Morgan fingerprint density at radius 2 is 2.20 bits per heavy atom. The average molecular weight is 342 g/mol. The van der Waals surface area contributed by atoms with Gasteiger partial charge in [0, 0.05) is 11.0 Å². The Balaban J connectivity index is 2.16. The lowest BCUT2D eigenvalue weighted by Crippen LogP contribution is -2.49. The second-order valence-corrected chi connectivity index (χ2v) is 5.47. The van der Waals surface area contributed by atoms with Gasteiger partial charge in [-0.2, -0.15) is 0 Å². The minimum absolute atomic E-state index is 0.113. The van der Waals surface area contributed by atoms with Gasteiger partial charge in [0.05, 0.1) is 25.8 Å². The van der Waals surface area contributed by atoms with Gasteiger partial charge in [0.25, 0.3) is 5.91 Å². The molecule has 1 aliphatic heterocycles. The molecule has 1 fully saturated rings. The molecule has 1 aliphatic rings. The molecule has 2 rings (SSSR count). The van der Waals surface area contributed by atoms with Gasteiger partial charge >= 0.3 is 5.97 Å². The molecule has 0 N–H and O–H groups in total. The van der Waals surface area contributed by atoms with Gasteiger partial charge < -0.3 is 14.4 Å². The highest BCUT2D eigenvalue weighted by Crippen LogP contribution is 2.21. The van der Waals surface area contributed by atoms with Gasteiger partial charge in [-0.1, -0.05) is 11.6 Å². The molecule has 0 aromatic heterocycles. The van der Waals surface area contributed by atoms with Crippen molar-refractivity contribution in [1.82, 2.24) is 4.90 Å². The predicted molar refractivity (Wildman–Crippen MR) is 76.5 cm³/mol. The van der Waals surface area contributed by atoms with Crippen LogP contribution in [0, 0.1) is 6.92 Å². The lowest BCUT2D eigenvalue weighted by atomic mass is 10.1. The highest BCUT2D eigenvalue weighted by Gasteiger charge is 2.30. The van der Waals surface area contributed by atoms with Gasteiger partial charge in [0.15, 0.2) is 6.10 Å². The van der Waals surface area contributed by atoms with E-state index >= 15 is 0 Å². The number of halogens is 1. The van der Waals surface area contributed by atoms with Gasteiger partial charge in [-0.3, -0.25) is 4.79 Å². The van der Waals surface area contributed by atoms with Crippen LogP contribution in [-0.4, -0.2) is 49.7 Å². The molecule has 0 spiro atoms. The van der Waals surface area contributed by atoms with Crippen molar-refractivity contribution in [3.63, 3.8) is 0 Å². The van der Waals surface area contributed by atoms with Crippen LogP contribution in [0.3, 0.4) is 0 Å². The van der Waals surface area contributed by atoms with Gasteiger partial charge in [-0.25, -0.2) is 4.79 Å². The summed E-state index contributed by atoms with van der Waals surface area (Å²) < 4.78 is 10.7. The third-order valence-electron chi connectivity index (χ3n) is 3.17. The summed E-state index contributed by atoms with van der Waals surface area (Å²) >= 11 is 3.39. The van der Waals surface area contributed by atoms with E-state index in [0.717, 1.165) is 10.0 Å². The number of carbonyl (C=O) groups excluding carboxylic acids is 2. The summed E-state index contributed by atoms with van der Waals surface area (Å²) in [6.45, 7) is 2.94. The zero-order valence-corrected chi connectivity index (χ0v) is 13.0. The van der Waals surface area contributed by atoms with Crippen LogP contribution in [0.2, 0.25) is 0 Å². The molecule has 0 bridgehead atoms. The van der Waals surface area contributed by atoms with E-state index in [1.165, 1.54) is 7.11 Å². The number of benzene rings is 1. The molecule has 1 aromatic rings. The minimum Gasteiger partial charge on any atom is -0.467 e. The SMILES string of the molecule is COC(=O)C1CN(C(=O)c2cc(C)ccc2Br)CCO1. The lowest BCUT2D eigenvalue weighted by molar-refractivity contribution is -0.158. The molecule has 0 saturated carbocycles. The number of hydrogen-bond acceptors (Lipinski definition) is 4. The first-order chi connectivity index (χ1) is 9.52. The molecule has 1 aromatic carbocycles. The van der Waals surface area contributed by atoms with E-state index in [1.807, 2.05) is 25.1 Å². The third kappa shape index (κ3) is 3.19. The largest absolute Gasteiger partial charge is 0.467 e. The van der Waals surface area contributed by atoms with Gasteiger partial charge in [0.2, 0.25) is 0 Å². The second-order valence-electron chi connectivity index (χ2n) is 4.62. The second kappa shape index (κ2) is 6.37. The zero-order chi connectivity index (χ0) is 14.7. The predicted octanol–water partition coefficient (Wildman–Crippen LogP) is 1.77. The van der Waals surface area contributed by atoms with E-state index in [2.05, 4.69) is 20.7 Å². The van der Waals surface area contributed by atoms with E-state index in [0.29, 0.717) is 18.7 Å². The molecular formula is C14H16BrNO4. The fourth-order valence-electron chi connectivity index (χ4n) is 2.08. The molecule has 1 unspecified atom stereocenters. The Kier molecular flexibility index (Phi) is 4.77. The maximum atomic E-state index is 12.5. The van der Waals surface area contributed by atoms with Crippen molar-refractivity contribution in [2.75, 3.05) is 26.8 Å². The Morgan fingerprint density at radius 1 is 1.45 bits per heavy atom. The molecule has 1 amide bonds. The number of amides is 1. The molecule has 1 atom stereocenters. The van der Waals surface area contributed by atoms with E-state index in [4.69, 9.17) is 4.74 Å². The van der Waals surface area contributed by atoms with Crippen LogP contribution >= 0.6 is 15.9 Å². The number of carbonyl (C=O) groups is 2. The third-order valence-corrected chi connectivity index (χ3v) is 3.86. The van der Waals surface area contributed by atoms with Crippen molar-refractivity contribution < 1.29 is 19.1 Å². The normalized spacial score (nSPS) is 18.8. The fraction of sp³-hybridized carbons (Fsp3) is 0.429. The van der Waals surface area contributed by atoms with Crippen molar-refractivity contribution in [3.05, 3.63) is 33.8 Å². The fourth-order valence-corrected chi connectivity index (χ4v) is 2.50. The van der Waals surface area contributed by atoms with Crippen LogP contribution in [0.25, 0.3) is 0 Å². The summed E-state index contributed by atoms with van der Waals surface area (Å²) in [6.07, 6.45) is -0.707. The summed E-state index contributed by atoms with van der Waals surface area (Å²) in [7, 11) is 1.31. The van der Waals surface area contributed by atoms with Gasteiger partial charge in [-0.05, 0) is 35.0 Å². The summed E-state index contributed by atoms with van der Waals surface area (Å²) in [6, 6.07) is 5.60. The minimum atomic E-state index is -0.707. The van der Waals surface area contributed by atoms with Crippen molar-refractivity contribution in [3.8, 4) is 0 Å². The number of esters is 1. The first kappa shape index (κ1) is 15.0. The first-order valence-corrected chi connectivity index (χ1v) is 7.07. The standard InChI is InChI=1S/C14H16BrNO4/c1-9-3-4-11(15)10(7-9)13(17)16-5-6-20-12(8-16)14(18)19-2/h3-4,7,12H,5-6,8H2,1-2H3. The highest BCUT2D eigenvalue weighted by molar-refractivity contribution is 9.10. The number of ether oxygens (including phenoxy) is 2. The monoisotopic (exact) mass is 341 g/mol.